The number of ether oxygens (including phenoxy) is 1. The third kappa shape index (κ3) is 53.9. The van der Waals surface area contributed by atoms with Crippen molar-refractivity contribution in [2.75, 3.05) is 13.2 Å². The van der Waals surface area contributed by atoms with Crippen LogP contribution in [0.1, 0.15) is 348 Å². The molecule has 6 nitrogen and oxygen atoms in total. The summed E-state index contributed by atoms with van der Waals surface area (Å²) in [6, 6.07) is -0.543. The summed E-state index contributed by atoms with van der Waals surface area (Å²) >= 11 is 0. The maximum absolute atomic E-state index is 12.5. The first-order chi connectivity index (χ1) is 33.5. The lowest BCUT2D eigenvalue weighted by Gasteiger charge is -2.22. The number of allylic oxidation sites excluding steroid dienone is 2. The summed E-state index contributed by atoms with van der Waals surface area (Å²) in [5.74, 6) is -0.0327. The Balaban J connectivity index is 3.39. The van der Waals surface area contributed by atoms with E-state index in [1.165, 1.54) is 270 Å². The van der Waals surface area contributed by atoms with Gasteiger partial charge < -0.3 is 20.3 Å². The van der Waals surface area contributed by atoms with Crippen LogP contribution in [0.15, 0.2) is 12.2 Å². The SMILES string of the molecule is CCCCCCCCC/C=C\CCCCCCCC(=O)OCCCCCCCCCCCCCCCCCCCCCC(=O)NC(CO)C(O)CCCCCCCCCCCCCCCCCC. The van der Waals surface area contributed by atoms with Crippen LogP contribution in [-0.2, 0) is 14.3 Å². The zero-order valence-corrected chi connectivity index (χ0v) is 46.1. The van der Waals surface area contributed by atoms with Crippen molar-refractivity contribution in [3.8, 4) is 0 Å². The quantitative estimate of drug-likeness (QED) is 0.0321. The summed E-state index contributed by atoms with van der Waals surface area (Å²) in [6.45, 7) is 4.97. The molecule has 6 heteroatoms. The zero-order valence-electron chi connectivity index (χ0n) is 46.1. The number of nitrogens with one attached hydrogen (secondary N) is 1. The van der Waals surface area contributed by atoms with Crippen LogP contribution >= 0.6 is 0 Å². The van der Waals surface area contributed by atoms with Crippen molar-refractivity contribution < 1.29 is 24.5 Å². The first-order valence-corrected chi connectivity index (χ1v) is 30.9. The minimum atomic E-state index is -0.666. The maximum Gasteiger partial charge on any atom is 0.305 e. The van der Waals surface area contributed by atoms with E-state index in [2.05, 4.69) is 31.3 Å². The first-order valence-electron chi connectivity index (χ1n) is 30.9. The molecule has 0 fully saturated rings. The molecule has 0 rings (SSSR count). The molecule has 404 valence electrons. The van der Waals surface area contributed by atoms with Crippen LogP contribution in [0.3, 0.4) is 0 Å². The normalized spacial score (nSPS) is 12.6. The second-order valence-electron chi connectivity index (χ2n) is 21.4. The maximum atomic E-state index is 12.5. The molecular formula is C62H121NO5. The van der Waals surface area contributed by atoms with Gasteiger partial charge >= 0.3 is 5.97 Å². The summed E-state index contributed by atoms with van der Waals surface area (Å²) < 4.78 is 5.48. The third-order valence-electron chi connectivity index (χ3n) is 14.6. The number of carbonyl (C=O) groups is 2. The summed E-state index contributed by atoms with van der Waals surface area (Å²) in [5.41, 5.74) is 0. The van der Waals surface area contributed by atoms with Crippen molar-refractivity contribution in [2.24, 2.45) is 0 Å². The molecule has 0 aliphatic rings. The molecule has 0 aromatic heterocycles. The van der Waals surface area contributed by atoms with E-state index >= 15 is 0 Å². The van der Waals surface area contributed by atoms with Gasteiger partial charge in [0.15, 0.2) is 0 Å². The van der Waals surface area contributed by atoms with Crippen LogP contribution in [-0.4, -0.2) is 47.4 Å². The lowest BCUT2D eigenvalue weighted by atomic mass is 10.0. The highest BCUT2D eigenvalue weighted by atomic mass is 16.5. The van der Waals surface area contributed by atoms with Gasteiger partial charge in [0, 0.05) is 12.8 Å². The Morgan fingerprint density at radius 3 is 1.04 bits per heavy atom. The van der Waals surface area contributed by atoms with Crippen molar-refractivity contribution in [2.45, 2.75) is 360 Å². The molecule has 68 heavy (non-hydrogen) atoms. The van der Waals surface area contributed by atoms with Crippen LogP contribution in [0.5, 0.6) is 0 Å². The van der Waals surface area contributed by atoms with Gasteiger partial charge in [-0.3, -0.25) is 9.59 Å². The molecule has 0 saturated heterocycles. The van der Waals surface area contributed by atoms with Crippen LogP contribution in [0.25, 0.3) is 0 Å². The van der Waals surface area contributed by atoms with Gasteiger partial charge in [-0.15, -0.1) is 0 Å². The van der Waals surface area contributed by atoms with Crippen LogP contribution in [0.2, 0.25) is 0 Å². The van der Waals surface area contributed by atoms with Gasteiger partial charge in [0.2, 0.25) is 5.91 Å². The summed E-state index contributed by atoms with van der Waals surface area (Å²) in [7, 11) is 0. The molecule has 1 amide bonds. The van der Waals surface area contributed by atoms with E-state index in [1.807, 2.05) is 0 Å². The van der Waals surface area contributed by atoms with Crippen LogP contribution in [0.4, 0.5) is 0 Å². The van der Waals surface area contributed by atoms with Gasteiger partial charge in [0.05, 0.1) is 25.4 Å². The van der Waals surface area contributed by atoms with Gasteiger partial charge in [0.25, 0.3) is 0 Å². The molecule has 0 aromatic carbocycles. The second kappa shape index (κ2) is 58.2. The Hall–Kier alpha value is -1.40. The largest absolute Gasteiger partial charge is 0.466 e. The van der Waals surface area contributed by atoms with Crippen molar-refractivity contribution in [1.29, 1.82) is 0 Å². The second-order valence-corrected chi connectivity index (χ2v) is 21.4. The highest BCUT2D eigenvalue weighted by Crippen LogP contribution is 2.18. The third-order valence-corrected chi connectivity index (χ3v) is 14.6. The van der Waals surface area contributed by atoms with E-state index in [-0.39, 0.29) is 18.5 Å². The van der Waals surface area contributed by atoms with E-state index in [4.69, 9.17) is 4.74 Å². The molecule has 0 bridgehead atoms. The number of aliphatic hydroxyl groups is 2. The number of hydrogen-bond donors (Lipinski definition) is 3. The number of rotatable bonds is 58. The van der Waals surface area contributed by atoms with E-state index in [1.54, 1.807) is 0 Å². The summed E-state index contributed by atoms with van der Waals surface area (Å²) in [5, 5.41) is 23.3. The Kier molecular flexibility index (Phi) is 57.0. The molecule has 0 spiro atoms. The van der Waals surface area contributed by atoms with Crippen molar-refractivity contribution in [3.05, 3.63) is 12.2 Å². The van der Waals surface area contributed by atoms with Crippen molar-refractivity contribution >= 4 is 11.9 Å². The Morgan fingerprint density at radius 2 is 0.691 bits per heavy atom. The molecule has 2 atom stereocenters. The number of carbonyl (C=O) groups excluding carboxylic acids is 2. The fourth-order valence-electron chi connectivity index (χ4n) is 9.81. The van der Waals surface area contributed by atoms with Crippen LogP contribution in [0, 0.1) is 0 Å². The number of amides is 1. The summed E-state index contributed by atoms with van der Waals surface area (Å²) in [6.07, 6.45) is 69.3. The molecule has 0 aromatic rings. The topological polar surface area (TPSA) is 95.9 Å². The number of esters is 1. The van der Waals surface area contributed by atoms with E-state index in [0.29, 0.717) is 25.9 Å². The molecule has 0 aliphatic carbocycles. The molecule has 0 radical (unpaired) electrons. The molecule has 0 saturated carbocycles. The van der Waals surface area contributed by atoms with Gasteiger partial charge in [-0.2, -0.15) is 0 Å². The average molecular weight is 961 g/mol. The minimum Gasteiger partial charge on any atom is -0.466 e. The van der Waals surface area contributed by atoms with E-state index in [9.17, 15) is 19.8 Å². The zero-order chi connectivity index (χ0) is 49.3. The average Bonchev–Trinajstić information content (AvgIpc) is 3.34. The molecule has 2 unspecified atom stereocenters. The molecular weight excluding hydrogens is 839 g/mol. The van der Waals surface area contributed by atoms with E-state index in [0.717, 1.165) is 44.9 Å². The van der Waals surface area contributed by atoms with Gasteiger partial charge in [-0.05, 0) is 51.4 Å². The van der Waals surface area contributed by atoms with Gasteiger partial charge in [-0.25, -0.2) is 0 Å². The first kappa shape index (κ1) is 66.6. The van der Waals surface area contributed by atoms with Crippen molar-refractivity contribution in [1.82, 2.24) is 5.32 Å². The fourth-order valence-corrected chi connectivity index (χ4v) is 9.81. The van der Waals surface area contributed by atoms with Gasteiger partial charge in [0.1, 0.15) is 0 Å². The minimum absolute atomic E-state index is 0.00253. The lowest BCUT2D eigenvalue weighted by molar-refractivity contribution is -0.143. The number of hydrogen-bond acceptors (Lipinski definition) is 5. The van der Waals surface area contributed by atoms with Crippen LogP contribution < -0.4 is 5.32 Å². The Labute approximate surface area is 425 Å². The smallest absolute Gasteiger partial charge is 0.305 e. The number of aliphatic hydroxyl groups excluding tert-OH is 2. The molecule has 0 heterocycles. The fraction of sp³-hybridized carbons (Fsp3) is 0.935. The van der Waals surface area contributed by atoms with Crippen molar-refractivity contribution in [3.63, 3.8) is 0 Å². The monoisotopic (exact) mass is 960 g/mol. The molecule has 0 aliphatic heterocycles. The number of unbranched alkanes of at least 4 members (excludes halogenated alkanes) is 45. The molecule has 3 N–H and O–H groups in total. The highest BCUT2D eigenvalue weighted by Gasteiger charge is 2.20. The Bertz CT molecular complexity index is 1020. The predicted molar refractivity (Wildman–Crippen MR) is 297 cm³/mol. The highest BCUT2D eigenvalue weighted by molar-refractivity contribution is 5.76. The lowest BCUT2D eigenvalue weighted by Crippen LogP contribution is -2.45. The van der Waals surface area contributed by atoms with Gasteiger partial charge in [-0.1, -0.05) is 296 Å². The predicted octanol–water partition coefficient (Wildman–Crippen LogP) is 19.2. The standard InChI is InChI=1S/C62H121NO5/c1-3-5-7-9-11-13-15-17-19-26-30-34-38-42-46-50-54-60(65)59(58-64)63-61(66)55-51-47-43-39-35-31-27-24-22-21-23-25-29-33-37-41-45-49-53-57-68-62(67)56-52-48-44-40-36-32-28-20-18-16-14-12-10-8-6-4-2/h20,28,59-60,64-65H,3-19,21-27,29-58H2,1-2H3,(H,63,66)/b28-20-. The summed E-state index contributed by atoms with van der Waals surface area (Å²) in [4.78, 5) is 24.6. The van der Waals surface area contributed by atoms with E-state index < -0.39 is 12.1 Å². The Morgan fingerprint density at radius 1 is 0.397 bits per heavy atom.